The Hall–Kier alpha value is -2.66. The predicted octanol–water partition coefficient (Wildman–Crippen LogP) is 3.62. The van der Waals surface area contributed by atoms with Crippen LogP contribution in [0.3, 0.4) is 0 Å². The summed E-state index contributed by atoms with van der Waals surface area (Å²) in [4.78, 5) is 18.2. The highest BCUT2D eigenvalue weighted by molar-refractivity contribution is 5.94. The van der Waals surface area contributed by atoms with Crippen molar-refractivity contribution >= 4 is 22.1 Å². The molecule has 1 fully saturated rings. The standard InChI is InChI=1S/C19H19N5/c1-12-21-18-15(5-6-20-19(18)22-12)17-10-14-9-13(3-4-16(14)23-17)11-24-7-2-8-24/h3-6,9-10,23H,2,7-8,11H2,1H3,(H,20,21,22). The molecule has 0 bridgehead atoms. The van der Waals surface area contributed by atoms with Crippen molar-refractivity contribution in [3.05, 3.63) is 47.9 Å². The fourth-order valence-corrected chi connectivity index (χ4v) is 3.47. The highest BCUT2D eigenvalue weighted by atomic mass is 15.2. The van der Waals surface area contributed by atoms with Crippen molar-refractivity contribution in [2.24, 2.45) is 0 Å². The van der Waals surface area contributed by atoms with E-state index < -0.39 is 0 Å². The van der Waals surface area contributed by atoms with Crippen molar-refractivity contribution in [1.29, 1.82) is 0 Å². The van der Waals surface area contributed by atoms with Crippen LogP contribution < -0.4 is 0 Å². The average Bonchev–Trinajstić information content (AvgIpc) is 3.12. The number of benzene rings is 1. The van der Waals surface area contributed by atoms with Crippen LogP contribution in [0.5, 0.6) is 0 Å². The van der Waals surface area contributed by atoms with Crippen LogP contribution in [0.1, 0.15) is 17.8 Å². The van der Waals surface area contributed by atoms with Crippen LogP contribution in [-0.4, -0.2) is 37.9 Å². The molecule has 1 aliphatic rings. The molecule has 0 spiro atoms. The molecule has 5 rings (SSSR count). The van der Waals surface area contributed by atoms with E-state index in [-0.39, 0.29) is 0 Å². The summed E-state index contributed by atoms with van der Waals surface area (Å²) in [6, 6.07) is 10.9. The zero-order chi connectivity index (χ0) is 16.1. The van der Waals surface area contributed by atoms with E-state index in [2.05, 4.69) is 49.1 Å². The molecule has 0 unspecified atom stereocenters. The van der Waals surface area contributed by atoms with Gasteiger partial charge in [-0.05, 0) is 56.3 Å². The molecule has 0 radical (unpaired) electrons. The molecule has 1 aromatic carbocycles. The molecule has 0 aliphatic carbocycles. The van der Waals surface area contributed by atoms with Crippen molar-refractivity contribution in [1.82, 2.24) is 24.8 Å². The first-order valence-electron chi connectivity index (χ1n) is 8.42. The Balaban J connectivity index is 1.58. The molecule has 0 saturated carbocycles. The maximum atomic E-state index is 4.59. The minimum absolute atomic E-state index is 0.835. The van der Waals surface area contributed by atoms with Crippen molar-refractivity contribution in [2.75, 3.05) is 13.1 Å². The van der Waals surface area contributed by atoms with E-state index in [0.717, 1.165) is 40.3 Å². The van der Waals surface area contributed by atoms with Crippen molar-refractivity contribution in [3.8, 4) is 11.3 Å². The van der Waals surface area contributed by atoms with Crippen molar-refractivity contribution in [2.45, 2.75) is 19.9 Å². The average molecular weight is 317 g/mol. The predicted molar refractivity (Wildman–Crippen MR) is 95.8 cm³/mol. The number of hydrogen-bond donors (Lipinski definition) is 2. The fourth-order valence-electron chi connectivity index (χ4n) is 3.47. The summed E-state index contributed by atoms with van der Waals surface area (Å²) in [5.41, 5.74) is 6.47. The lowest BCUT2D eigenvalue weighted by atomic mass is 10.1. The Morgan fingerprint density at radius 3 is 2.88 bits per heavy atom. The normalized spacial score (nSPS) is 15.2. The van der Waals surface area contributed by atoms with Crippen LogP contribution in [0.4, 0.5) is 0 Å². The lowest BCUT2D eigenvalue weighted by molar-refractivity contribution is 0.172. The molecule has 24 heavy (non-hydrogen) atoms. The summed E-state index contributed by atoms with van der Waals surface area (Å²) < 4.78 is 0. The summed E-state index contributed by atoms with van der Waals surface area (Å²) in [6.45, 7) is 5.46. The molecule has 4 heterocycles. The van der Waals surface area contributed by atoms with Gasteiger partial charge in [0.05, 0.1) is 0 Å². The van der Waals surface area contributed by atoms with E-state index in [0.29, 0.717) is 0 Å². The number of rotatable bonds is 3. The topological polar surface area (TPSA) is 60.6 Å². The smallest absolute Gasteiger partial charge is 0.158 e. The van der Waals surface area contributed by atoms with Crippen LogP contribution in [0.2, 0.25) is 0 Å². The lowest BCUT2D eigenvalue weighted by Gasteiger charge is -2.30. The van der Waals surface area contributed by atoms with Gasteiger partial charge in [-0.25, -0.2) is 9.97 Å². The van der Waals surface area contributed by atoms with Gasteiger partial charge in [-0.1, -0.05) is 6.07 Å². The molecule has 3 aromatic heterocycles. The number of fused-ring (bicyclic) bond motifs is 2. The van der Waals surface area contributed by atoms with Gasteiger partial charge in [-0.15, -0.1) is 0 Å². The molecule has 5 heteroatoms. The quantitative estimate of drug-likeness (QED) is 0.607. The lowest BCUT2D eigenvalue weighted by Crippen LogP contribution is -2.36. The first-order valence-corrected chi connectivity index (χ1v) is 8.42. The molecule has 0 atom stereocenters. The van der Waals surface area contributed by atoms with Gasteiger partial charge in [-0.3, -0.25) is 4.90 Å². The Morgan fingerprint density at radius 1 is 1.12 bits per heavy atom. The van der Waals surface area contributed by atoms with Crippen molar-refractivity contribution < 1.29 is 0 Å². The zero-order valence-corrected chi connectivity index (χ0v) is 13.6. The molecule has 1 aliphatic heterocycles. The van der Waals surface area contributed by atoms with Gasteiger partial charge >= 0.3 is 0 Å². The summed E-state index contributed by atoms with van der Waals surface area (Å²) in [6.07, 6.45) is 3.16. The Bertz CT molecular complexity index is 1040. The maximum absolute atomic E-state index is 4.59. The van der Waals surface area contributed by atoms with Crippen LogP contribution in [0.15, 0.2) is 36.5 Å². The molecular formula is C19H19N5. The van der Waals surface area contributed by atoms with Gasteiger partial charge in [0.15, 0.2) is 5.65 Å². The minimum Gasteiger partial charge on any atom is -0.354 e. The number of imidazole rings is 1. The summed E-state index contributed by atoms with van der Waals surface area (Å²) in [7, 11) is 0. The zero-order valence-electron chi connectivity index (χ0n) is 13.6. The second-order valence-electron chi connectivity index (χ2n) is 6.61. The monoisotopic (exact) mass is 317 g/mol. The summed E-state index contributed by atoms with van der Waals surface area (Å²) in [5, 5.41) is 1.25. The van der Waals surface area contributed by atoms with Crippen LogP contribution in [0.25, 0.3) is 33.3 Å². The van der Waals surface area contributed by atoms with E-state index in [1.807, 2.05) is 19.2 Å². The maximum Gasteiger partial charge on any atom is 0.158 e. The Labute approximate surface area is 139 Å². The van der Waals surface area contributed by atoms with E-state index in [9.17, 15) is 0 Å². The molecule has 5 nitrogen and oxygen atoms in total. The molecule has 2 N–H and O–H groups in total. The van der Waals surface area contributed by atoms with Gasteiger partial charge in [0, 0.05) is 34.9 Å². The number of nitrogens with one attached hydrogen (secondary N) is 2. The second kappa shape index (κ2) is 5.18. The first-order chi connectivity index (χ1) is 11.8. The highest BCUT2D eigenvalue weighted by Crippen LogP contribution is 2.29. The Morgan fingerprint density at radius 2 is 2.04 bits per heavy atom. The number of aromatic amines is 2. The summed E-state index contributed by atoms with van der Waals surface area (Å²) >= 11 is 0. The van der Waals surface area contributed by atoms with Gasteiger partial charge in [0.1, 0.15) is 11.3 Å². The number of aryl methyl sites for hydroxylation is 1. The largest absolute Gasteiger partial charge is 0.354 e. The highest BCUT2D eigenvalue weighted by Gasteiger charge is 2.15. The molecule has 4 aromatic rings. The van der Waals surface area contributed by atoms with Gasteiger partial charge < -0.3 is 9.97 Å². The molecular weight excluding hydrogens is 298 g/mol. The summed E-state index contributed by atoms with van der Waals surface area (Å²) in [5.74, 6) is 0.887. The number of likely N-dealkylation sites (tertiary alicyclic amines) is 1. The molecule has 1 saturated heterocycles. The van der Waals surface area contributed by atoms with Gasteiger partial charge in [-0.2, -0.15) is 0 Å². The van der Waals surface area contributed by atoms with Gasteiger partial charge in [0.25, 0.3) is 0 Å². The number of aromatic nitrogens is 4. The number of nitrogens with zero attached hydrogens (tertiary/aromatic N) is 3. The third-order valence-electron chi connectivity index (χ3n) is 4.83. The van der Waals surface area contributed by atoms with Crippen molar-refractivity contribution in [3.63, 3.8) is 0 Å². The number of hydrogen-bond acceptors (Lipinski definition) is 3. The third-order valence-corrected chi connectivity index (χ3v) is 4.83. The van der Waals surface area contributed by atoms with Gasteiger partial charge in [0.2, 0.25) is 0 Å². The second-order valence-corrected chi connectivity index (χ2v) is 6.61. The number of H-pyrrole nitrogens is 2. The Kier molecular flexibility index (Phi) is 2.97. The minimum atomic E-state index is 0.835. The fraction of sp³-hybridized carbons (Fsp3) is 0.263. The van der Waals surface area contributed by atoms with E-state index in [1.165, 1.54) is 30.5 Å². The molecule has 0 amide bonds. The first kappa shape index (κ1) is 13.7. The van der Waals surface area contributed by atoms with E-state index in [4.69, 9.17) is 0 Å². The third kappa shape index (κ3) is 2.20. The van der Waals surface area contributed by atoms with Crippen LogP contribution in [0, 0.1) is 6.92 Å². The van der Waals surface area contributed by atoms with E-state index in [1.54, 1.807) is 0 Å². The number of pyridine rings is 1. The molecule has 120 valence electrons. The van der Waals surface area contributed by atoms with Crippen LogP contribution in [-0.2, 0) is 6.54 Å². The van der Waals surface area contributed by atoms with E-state index >= 15 is 0 Å². The SMILES string of the molecule is Cc1nc2c(-c3cc4cc(CN5CCC5)ccc4[nH]3)ccnc2[nH]1. The van der Waals surface area contributed by atoms with Crippen LogP contribution >= 0.6 is 0 Å².